The standard InChI is InChI=1S/C42H56N2O13/c1-20-11-10-12-21(2)41(52)43-32-27(19-44-14-17-54-18-15-44)36(49)29-30(37(32)50)35(48)25(6)39-31(29)40(51)42(8,57-39)55-16-13-28(53-9)22(3)38(56-26(7)45)24(5)34(47)23(4)33(20)46/h10-13,16,20,22-24,28,33-34,38,46-50H,14-15,17-19H2,1-9H3,(H,43,52)/b11-10+,16-13+,21-12+. The number of aliphatic hydroxyl groups is 2. The summed E-state index contributed by atoms with van der Waals surface area (Å²) in [5, 5.41) is 60.7. The molecule has 0 saturated carbocycles. The lowest BCUT2D eigenvalue weighted by atomic mass is 9.78. The number of carbonyl (C=O) groups excluding carboxylic acids is 3. The van der Waals surface area contributed by atoms with Crippen LogP contribution in [0.2, 0.25) is 0 Å². The Bertz CT molecular complexity index is 1970. The average molecular weight is 797 g/mol. The van der Waals surface area contributed by atoms with Crippen molar-refractivity contribution in [2.24, 2.45) is 23.7 Å². The van der Waals surface area contributed by atoms with Crippen LogP contribution in [0, 0.1) is 30.6 Å². The molecule has 2 aromatic rings. The number of nitrogens with zero attached hydrogens (tertiary/aromatic N) is 1. The van der Waals surface area contributed by atoms with Gasteiger partial charge in [0.25, 0.3) is 11.7 Å². The number of benzene rings is 2. The molecular weight excluding hydrogens is 740 g/mol. The summed E-state index contributed by atoms with van der Waals surface area (Å²) in [5.74, 6) is -7.98. The molecule has 1 saturated heterocycles. The van der Waals surface area contributed by atoms with Crippen molar-refractivity contribution in [2.75, 3.05) is 38.7 Å². The van der Waals surface area contributed by atoms with Gasteiger partial charge in [-0.05, 0) is 19.9 Å². The molecule has 4 heterocycles. The number of rotatable bonds is 4. The van der Waals surface area contributed by atoms with Gasteiger partial charge in [0.1, 0.15) is 23.4 Å². The maximum absolute atomic E-state index is 14.4. The van der Waals surface area contributed by atoms with E-state index in [0.29, 0.717) is 26.3 Å². The number of amides is 1. The molecule has 9 unspecified atom stereocenters. The van der Waals surface area contributed by atoms with Gasteiger partial charge in [0.15, 0.2) is 5.75 Å². The van der Waals surface area contributed by atoms with Gasteiger partial charge in [-0.1, -0.05) is 45.9 Å². The number of Topliss-reactive ketones (excluding diaryl/α,β-unsaturated/α-hetero) is 1. The second-order valence-corrected chi connectivity index (χ2v) is 15.6. The Labute approximate surface area is 332 Å². The predicted molar refractivity (Wildman–Crippen MR) is 210 cm³/mol. The van der Waals surface area contributed by atoms with Crippen LogP contribution in [0.4, 0.5) is 5.69 Å². The quantitative estimate of drug-likeness (QED) is 0.142. The molecule has 4 aliphatic heterocycles. The van der Waals surface area contributed by atoms with Crippen molar-refractivity contribution in [1.29, 1.82) is 0 Å². The minimum Gasteiger partial charge on any atom is -0.507 e. The molecule has 0 radical (unpaired) electrons. The highest BCUT2D eigenvalue weighted by atomic mass is 16.7. The van der Waals surface area contributed by atoms with E-state index in [1.807, 2.05) is 4.90 Å². The number of aliphatic hydroxyl groups excluding tert-OH is 2. The maximum Gasteiger partial charge on any atom is 0.312 e. The summed E-state index contributed by atoms with van der Waals surface area (Å²) in [4.78, 5) is 42.4. The summed E-state index contributed by atoms with van der Waals surface area (Å²) in [6.45, 7) is 14.4. The summed E-state index contributed by atoms with van der Waals surface area (Å²) in [6, 6.07) is 0. The van der Waals surface area contributed by atoms with Crippen molar-refractivity contribution in [3.63, 3.8) is 0 Å². The first kappa shape index (κ1) is 43.5. The Morgan fingerprint density at radius 1 is 0.947 bits per heavy atom. The Morgan fingerprint density at radius 3 is 2.25 bits per heavy atom. The Morgan fingerprint density at radius 2 is 1.61 bits per heavy atom. The topological polar surface area (TPSA) is 214 Å². The summed E-state index contributed by atoms with van der Waals surface area (Å²) in [6.07, 6.45) is 3.66. The Balaban J connectivity index is 1.70. The van der Waals surface area contributed by atoms with Gasteiger partial charge in [0.05, 0.1) is 54.4 Å². The molecule has 0 aromatic heterocycles. The third-order valence-corrected chi connectivity index (χ3v) is 11.6. The number of allylic oxidation sites excluding steroid dienone is 2. The fraction of sp³-hybridized carbons (Fsp3) is 0.548. The van der Waals surface area contributed by atoms with Crippen molar-refractivity contribution in [3.8, 4) is 23.0 Å². The molecule has 0 spiro atoms. The van der Waals surface area contributed by atoms with Crippen LogP contribution in [0.1, 0.15) is 70.0 Å². The van der Waals surface area contributed by atoms with E-state index in [1.165, 1.54) is 46.3 Å². The van der Waals surface area contributed by atoms with E-state index in [9.17, 15) is 39.9 Å². The van der Waals surface area contributed by atoms with Gasteiger partial charge in [0.2, 0.25) is 0 Å². The average Bonchev–Trinajstić information content (AvgIpc) is 3.44. The fourth-order valence-corrected chi connectivity index (χ4v) is 7.92. The molecule has 1 amide bonds. The van der Waals surface area contributed by atoms with Crippen LogP contribution < -0.4 is 10.1 Å². The van der Waals surface area contributed by atoms with Gasteiger partial charge >= 0.3 is 11.8 Å². The molecule has 5 bridgehead atoms. The molecule has 4 aliphatic rings. The van der Waals surface area contributed by atoms with Gasteiger partial charge in [-0.15, -0.1) is 0 Å². The minimum atomic E-state index is -2.02. The zero-order valence-electron chi connectivity index (χ0n) is 34.0. The number of fused-ring (bicyclic) bond motifs is 14. The summed E-state index contributed by atoms with van der Waals surface area (Å²) in [5.41, 5.74) is 0.0787. The van der Waals surface area contributed by atoms with E-state index in [0.717, 1.165) is 0 Å². The lowest BCUT2D eigenvalue weighted by molar-refractivity contribution is -0.160. The number of ketones is 1. The Hall–Kier alpha value is -4.67. The Kier molecular flexibility index (Phi) is 13.3. The lowest BCUT2D eigenvalue weighted by Gasteiger charge is -2.38. The smallest absolute Gasteiger partial charge is 0.312 e. The molecule has 0 aliphatic carbocycles. The van der Waals surface area contributed by atoms with Crippen LogP contribution >= 0.6 is 0 Å². The normalized spacial score (nSPS) is 32.6. The third kappa shape index (κ3) is 8.49. The van der Waals surface area contributed by atoms with Crippen LogP contribution in [-0.2, 0) is 35.1 Å². The van der Waals surface area contributed by atoms with Crippen LogP contribution in [0.15, 0.2) is 36.1 Å². The third-order valence-electron chi connectivity index (χ3n) is 11.6. The number of aromatic hydroxyl groups is 3. The van der Waals surface area contributed by atoms with Crippen LogP contribution in [0.5, 0.6) is 23.0 Å². The van der Waals surface area contributed by atoms with E-state index in [4.69, 9.17) is 23.7 Å². The van der Waals surface area contributed by atoms with Gasteiger partial charge in [-0.2, -0.15) is 0 Å². The molecule has 2 aromatic carbocycles. The number of hydrogen-bond acceptors (Lipinski definition) is 14. The first-order valence-electron chi connectivity index (χ1n) is 19.2. The molecule has 312 valence electrons. The van der Waals surface area contributed by atoms with E-state index in [2.05, 4.69) is 5.32 Å². The van der Waals surface area contributed by atoms with Crippen molar-refractivity contribution in [1.82, 2.24) is 4.90 Å². The molecular formula is C42H56N2O13. The van der Waals surface area contributed by atoms with Crippen molar-refractivity contribution in [2.45, 2.75) is 92.1 Å². The van der Waals surface area contributed by atoms with E-state index < -0.39 is 88.8 Å². The van der Waals surface area contributed by atoms with Crippen molar-refractivity contribution >= 4 is 34.1 Å². The number of esters is 1. The second kappa shape index (κ2) is 17.4. The fourth-order valence-electron chi connectivity index (χ4n) is 7.92. The highest BCUT2D eigenvalue weighted by molar-refractivity contribution is 6.22. The first-order chi connectivity index (χ1) is 26.8. The second-order valence-electron chi connectivity index (χ2n) is 15.6. The van der Waals surface area contributed by atoms with Crippen molar-refractivity contribution in [3.05, 3.63) is 52.8 Å². The first-order valence-corrected chi connectivity index (χ1v) is 19.2. The number of carbonyl (C=O) groups is 3. The predicted octanol–water partition coefficient (Wildman–Crippen LogP) is 4.59. The van der Waals surface area contributed by atoms with Crippen LogP contribution in [0.25, 0.3) is 10.8 Å². The number of morpholine rings is 1. The number of methoxy groups -OCH3 is 1. The van der Waals surface area contributed by atoms with E-state index in [-0.39, 0.29) is 51.0 Å². The minimum absolute atomic E-state index is 0.0366. The van der Waals surface area contributed by atoms with Crippen molar-refractivity contribution < 1.29 is 63.6 Å². The van der Waals surface area contributed by atoms with Crippen LogP contribution in [0.3, 0.4) is 0 Å². The number of anilines is 1. The summed E-state index contributed by atoms with van der Waals surface area (Å²) < 4.78 is 29.1. The monoisotopic (exact) mass is 796 g/mol. The zero-order chi connectivity index (χ0) is 42.1. The summed E-state index contributed by atoms with van der Waals surface area (Å²) in [7, 11) is 1.44. The van der Waals surface area contributed by atoms with Gasteiger partial charge in [0, 0.05) is 86.3 Å². The molecule has 9 atom stereocenters. The molecule has 15 nitrogen and oxygen atoms in total. The zero-order valence-corrected chi connectivity index (χ0v) is 34.0. The highest BCUT2D eigenvalue weighted by Crippen LogP contribution is 2.55. The number of phenols is 3. The molecule has 6 N–H and O–H groups in total. The number of hydrogen-bond donors (Lipinski definition) is 6. The van der Waals surface area contributed by atoms with Gasteiger partial charge in [-0.25, -0.2) is 0 Å². The number of phenolic OH excluding ortho intramolecular Hbond substituents is 3. The van der Waals surface area contributed by atoms with Crippen LogP contribution in [-0.4, -0.2) is 112 Å². The maximum atomic E-state index is 14.4. The summed E-state index contributed by atoms with van der Waals surface area (Å²) >= 11 is 0. The largest absolute Gasteiger partial charge is 0.507 e. The van der Waals surface area contributed by atoms with Gasteiger partial charge < -0.3 is 54.5 Å². The number of nitrogens with one attached hydrogen (secondary N) is 1. The lowest BCUT2D eigenvalue weighted by Crippen LogP contribution is -2.46. The molecule has 15 heteroatoms. The van der Waals surface area contributed by atoms with E-state index in [1.54, 1.807) is 46.8 Å². The molecule has 6 rings (SSSR count). The SMILES string of the molecule is COC1/C=C/OC2(C)Oc3c(C)c(O)c4c(O)c(c(CN5CCOCC5)c(O)c4c3C2=O)NC(=O)/C(C)=C/C=C/C(C)C(O)C(C)C(O)C(C)C(OC(C)=O)C1C. The number of ether oxygens (including phenoxy) is 5. The highest BCUT2D eigenvalue weighted by Gasteiger charge is 2.50. The van der Waals surface area contributed by atoms with Gasteiger partial charge in [-0.3, -0.25) is 19.3 Å². The van der Waals surface area contributed by atoms with E-state index >= 15 is 0 Å². The molecule has 1 fully saturated rings. The molecule has 57 heavy (non-hydrogen) atoms.